The van der Waals surface area contributed by atoms with E-state index in [2.05, 4.69) is 30.9 Å². The molecule has 3 rings (SSSR count). The van der Waals surface area contributed by atoms with Crippen molar-refractivity contribution in [3.8, 4) is 11.6 Å². The van der Waals surface area contributed by atoms with E-state index >= 15 is 0 Å². The number of H-pyrrole nitrogens is 1. The van der Waals surface area contributed by atoms with Crippen LogP contribution in [-0.4, -0.2) is 26.6 Å². The number of halogens is 1. The number of hydrogen-bond donors (Lipinski definition) is 1. The number of benzene rings is 1. The maximum Gasteiger partial charge on any atom is 0.242 e. The van der Waals surface area contributed by atoms with Crippen molar-refractivity contribution in [3.05, 3.63) is 39.8 Å². The fourth-order valence-corrected chi connectivity index (χ4v) is 2.66. The van der Waals surface area contributed by atoms with Gasteiger partial charge in [0.15, 0.2) is 10.4 Å². The molecule has 0 spiro atoms. The third-order valence-corrected chi connectivity index (χ3v) is 3.68. The van der Waals surface area contributed by atoms with Crippen LogP contribution in [0.3, 0.4) is 0 Å². The smallest absolute Gasteiger partial charge is 0.242 e. The summed E-state index contributed by atoms with van der Waals surface area (Å²) in [5.41, 5.74) is 2.29. The van der Waals surface area contributed by atoms with Crippen molar-refractivity contribution >= 4 is 39.3 Å². The maximum atomic E-state index is 5.37. The number of para-hydroxylation sites is 1. The van der Waals surface area contributed by atoms with Crippen LogP contribution in [0.2, 0.25) is 0 Å². The number of rotatable bonds is 2. The molecule has 7 heteroatoms. The number of nitrogens with zero attached hydrogens (tertiary/aromatic N) is 3. The largest absolute Gasteiger partial charge is 0.479 e. The Morgan fingerprint density at radius 1 is 1.32 bits per heavy atom. The van der Waals surface area contributed by atoms with Crippen LogP contribution < -0.4 is 4.74 Å². The van der Waals surface area contributed by atoms with E-state index in [-0.39, 0.29) is 0 Å². The Morgan fingerprint density at radius 3 is 2.84 bits per heavy atom. The van der Waals surface area contributed by atoms with Crippen molar-refractivity contribution in [1.82, 2.24) is 19.5 Å². The molecule has 96 valence electrons. The fourth-order valence-electron chi connectivity index (χ4n) is 1.91. The van der Waals surface area contributed by atoms with E-state index in [1.54, 1.807) is 7.11 Å². The molecule has 0 atom stereocenters. The van der Waals surface area contributed by atoms with Crippen LogP contribution in [-0.2, 0) is 0 Å². The maximum absolute atomic E-state index is 5.37. The first-order chi connectivity index (χ1) is 9.22. The van der Waals surface area contributed by atoms with E-state index in [9.17, 15) is 0 Å². The lowest BCUT2D eigenvalue weighted by Crippen LogP contribution is -1.97. The second-order valence-corrected chi connectivity index (χ2v) is 5.04. The average Bonchev–Trinajstić information content (AvgIpc) is 2.75. The summed E-state index contributed by atoms with van der Waals surface area (Å²) in [7, 11) is 1.56. The van der Waals surface area contributed by atoms with E-state index in [1.807, 2.05) is 28.8 Å². The van der Waals surface area contributed by atoms with Gasteiger partial charge in [-0.25, -0.2) is 4.98 Å². The topological polar surface area (TPSA) is 55.7 Å². The summed E-state index contributed by atoms with van der Waals surface area (Å²) >= 11 is 8.88. The molecule has 0 fully saturated rings. The van der Waals surface area contributed by atoms with Gasteiger partial charge in [0.25, 0.3) is 0 Å². The van der Waals surface area contributed by atoms with E-state index in [4.69, 9.17) is 17.0 Å². The third-order valence-electron chi connectivity index (χ3n) is 2.73. The quantitative estimate of drug-likeness (QED) is 0.730. The Hall–Kier alpha value is -1.73. The highest BCUT2D eigenvalue weighted by Crippen LogP contribution is 2.27. The Labute approximate surface area is 122 Å². The average molecular weight is 337 g/mol. The molecule has 2 heterocycles. The number of imidazole rings is 1. The summed E-state index contributed by atoms with van der Waals surface area (Å²) in [6.07, 6.45) is 1.46. The molecule has 0 bridgehead atoms. The number of fused-ring (bicyclic) bond motifs is 1. The van der Waals surface area contributed by atoms with E-state index < -0.39 is 0 Å². The van der Waals surface area contributed by atoms with Crippen molar-refractivity contribution in [2.45, 2.75) is 0 Å². The summed E-state index contributed by atoms with van der Waals surface area (Å²) in [4.78, 5) is 11.4. The fraction of sp³-hybridized carbons (Fsp3) is 0.0833. The predicted molar refractivity (Wildman–Crippen MR) is 78.3 cm³/mol. The van der Waals surface area contributed by atoms with Crippen LogP contribution in [0.25, 0.3) is 16.9 Å². The first-order valence-electron chi connectivity index (χ1n) is 5.47. The van der Waals surface area contributed by atoms with Crippen molar-refractivity contribution < 1.29 is 4.74 Å². The minimum atomic E-state index is 0.474. The van der Waals surface area contributed by atoms with Crippen LogP contribution in [0.4, 0.5) is 0 Å². The summed E-state index contributed by atoms with van der Waals surface area (Å²) in [5, 5.41) is 0. The number of aromatic amines is 1. The van der Waals surface area contributed by atoms with Gasteiger partial charge in [-0.1, -0.05) is 12.1 Å². The van der Waals surface area contributed by atoms with Gasteiger partial charge in [-0.3, -0.25) is 4.57 Å². The zero-order valence-corrected chi connectivity index (χ0v) is 12.3. The highest BCUT2D eigenvalue weighted by molar-refractivity contribution is 9.10. The highest BCUT2D eigenvalue weighted by Gasteiger charge is 2.13. The standard InChI is InChI=1S/C12H9BrN4OS/c1-18-11-9-10(14-6-15-11)17(12(19)16-9)8-5-3-2-4-7(8)13/h2-6H,1H3,(H,16,19). The number of methoxy groups -OCH3 is 1. The Bertz CT molecular complexity index is 811. The predicted octanol–water partition coefficient (Wildman–Crippen LogP) is 3.25. The molecule has 0 saturated heterocycles. The van der Waals surface area contributed by atoms with Gasteiger partial charge in [0, 0.05) is 4.47 Å². The highest BCUT2D eigenvalue weighted by atomic mass is 79.9. The first-order valence-corrected chi connectivity index (χ1v) is 6.67. The molecule has 0 radical (unpaired) electrons. The minimum Gasteiger partial charge on any atom is -0.479 e. The first kappa shape index (κ1) is 12.3. The van der Waals surface area contributed by atoms with Gasteiger partial charge in [-0.15, -0.1) is 0 Å². The SMILES string of the molecule is COc1ncnc2c1[nH]c(=S)n2-c1ccccc1Br. The lowest BCUT2D eigenvalue weighted by atomic mass is 10.3. The van der Waals surface area contributed by atoms with Gasteiger partial charge in [0.1, 0.15) is 11.8 Å². The van der Waals surface area contributed by atoms with Gasteiger partial charge in [0.05, 0.1) is 12.8 Å². The van der Waals surface area contributed by atoms with Crippen molar-refractivity contribution in [3.63, 3.8) is 0 Å². The summed E-state index contributed by atoms with van der Waals surface area (Å²) in [6.45, 7) is 0. The van der Waals surface area contributed by atoms with Gasteiger partial charge in [-0.05, 0) is 40.3 Å². The van der Waals surface area contributed by atoms with Crippen LogP contribution in [0, 0.1) is 4.77 Å². The number of aromatic nitrogens is 4. The number of nitrogens with one attached hydrogen (secondary N) is 1. The lowest BCUT2D eigenvalue weighted by Gasteiger charge is -2.06. The molecule has 2 aromatic heterocycles. The van der Waals surface area contributed by atoms with E-state index in [0.29, 0.717) is 21.8 Å². The molecule has 0 aliphatic rings. The molecular formula is C12H9BrN4OS. The molecule has 5 nitrogen and oxygen atoms in total. The third kappa shape index (κ3) is 1.95. The molecule has 0 aliphatic carbocycles. The molecule has 0 saturated carbocycles. The lowest BCUT2D eigenvalue weighted by molar-refractivity contribution is 0.401. The van der Waals surface area contributed by atoms with Gasteiger partial charge in [0.2, 0.25) is 5.88 Å². The molecule has 19 heavy (non-hydrogen) atoms. The van der Waals surface area contributed by atoms with Crippen molar-refractivity contribution in [2.24, 2.45) is 0 Å². The molecule has 1 N–H and O–H groups in total. The summed E-state index contributed by atoms with van der Waals surface area (Å²) < 4.78 is 8.53. The van der Waals surface area contributed by atoms with Crippen LogP contribution in [0.15, 0.2) is 35.1 Å². The molecule has 1 aromatic carbocycles. The zero-order valence-electron chi connectivity index (χ0n) is 9.92. The Balaban J connectivity index is 2.40. The van der Waals surface area contributed by atoms with E-state index in [1.165, 1.54) is 6.33 Å². The summed E-state index contributed by atoms with van der Waals surface area (Å²) in [6, 6.07) is 7.80. The van der Waals surface area contributed by atoms with Crippen LogP contribution in [0.1, 0.15) is 0 Å². The molecule has 0 aliphatic heterocycles. The number of hydrogen-bond acceptors (Lipinski definition) is 4. The molecule has 0 unspecified atom stereocenters. The molecular weight excluding hydrogens is 328 g/mol. The number of ether oxygens (including phenoxy) is 1. The summed E-state index contributed by atoms with van der Waals surface area (Å²) in [5.74, 6) is 0.474. The minimum absolute atomic E-state index is 0.474. The van der Waals surface area contributed by atoms with Gasteiger partial charge >= 0.3 is 0 Å². The Morgan fingerprint density at radius 2 is 2.11 bits per heavy atom. The van der Waals surface area contributed by atoms with Crippen molar-refractivity contribution in [1.29, 1.82) is 0 Å². The van der Waals surface area contributed by atoms with Crippen LogP contribution in [0.5, 0.6) is 5.88 Å². The second kappa shape index (κ2) is 4.75. The molecule has 0 amide bonds. The monoisotopic (exact) mass is 336 g/mol. The zero-order chi connectivity index (χ0) is 13.4. The van der Waals surface area contributed by atoms with Gasteiger partial charge in [-0.2, -0.15) is 4.98 Å². The second-order valence-electron chi connectivity index (χ2n) is 3.80. The van der Waals surface area contributed by atoms with Gasteiger partial charge < -0.3 is 9.72 Å². The molecule has 3 aromatic rings. The Kier molecular flexibility index (Phi) is 3.08. The normalized spacial score (nSPS) is 10.8. The van der Waals surface area contributed by atoms with E-state index in [0.717, 1.165) is 10.2 Å². The van der Waals surface area contributed by atoms with Crippen molar-refractivity contribution in [2.75, 3.05) is 7.11 Å². The van der Waals surface area contributed by atoms with Crippen LogP contribution >= 0.6 is 28.1 Å².